The van der Waals surface area contributed by atoms with E-state index in [1.165, 1.54) is 57.9 Å². The second kappa shape index (κ2) is 25.4. The standard InChI is InChI=1S/C46H36N2O6.C20H19NO4.C6H6O2.3C2H6/c49-43-27-11-1-3-15-31(27)45(53-43)33-23-38-34(24-37(33)51-41-29-13-7-19-47-17-5-9-25(39(29)47)21-35(41)45)46(32-16-4-2-12-28(32)44(50)54-46)36-22-26-10-6-18-48-20-8-14-30(40(26)48)42(36)52-38;22-12-25-17-8-2-1-6-14(17)19(23)16-11-13-5-3-9-21-10-4-7-15(18(13)21)20(16)24;7-5-1-2-6(8)4-3-5;3*1-2/h1-4,11-12,15-16,21-24H,5-10,13-14,17-20H2;1-2,6,8,11-12,24H,3-5,7,9-10H2;1-4,7-8H;3*1-2H3. The highest BCUT2D eigenvalue weighted by atomic mass is 16.6. The number of anilines is 3. The summed E-state index contributed by atoms with van der Waals surface area (Å²) in [5, 5.41) is 28.1. The van der Waals surface area contributed by atoms with Gasteiger partial charge < -0.3 is 53.7 Å². The summed E-state index contributed by atoms with van der Waals surface area (Å²) in [7, 11) is 0. The van der Waals surface area contributed by atoms with Crippen LogP contribution >= 0.6 is 0 Å². The number of rotatable bonds is 4. The van der Waals surface area contributed by atoms with Crippen LogP contribution in [-0.2, 0) is 64.0 Å². The Hall–Kier alpha value is -9.76. The van der Waals surface area contributed by atoms with Crippen molar-refractivity contribution in [3.8, 4) is 46.0 Å². The summed E-state index contributed by atoms with van der Waals surface area (Å²) >= 11 is 0. The molecule has 0 fully saturated rings. The molecule has 0 amide bonds. The van der Waals surface area contributed by atoms with Gasteiger partial charge in [-0.25, -0.2) is 9.59 Å². The van der Waals surface area contributed by atoms with Crippen molar-refractivity contribution in [2.75, 3.05) is 54.0 Å². The van der Waals surface area contributed by atoms with E-state index in [9.17, 15) is 24.3 Å². The minimum Gasteiger partial charge on any atom is -0.508 e. The van der Waals surface area contributed by atoms with Gasteiger partial charge in [-0.2, -0.15) is 0 Å². The van der Waals surface area contributed by atoms with E-state index < -0.39 is 11.2 Å². The van der Waals surface area contributed by atoms with Crippen LogP contribution in [0, 0.1) is 0 Å². The van der Waals surface area contributed by atoms with E-state index in [2.05, 4.69) is 26.8 Å². The van der Waals surface area contributed by atoms with Crippen LogP contribution in [0.15, 0.2) is 127 Å². The van der Waals surface area contributed by atoms with E-state index in [0.717, 1.165) is 167 Å². The number of hydrogen-bond acceptors (Lipinski definition) is 15. The molecule has 0 radical (unpaired) electrons. The first-order valence-corrected chi connectivity index (χ1v) is 33.5. The molecular weight excluding hydrogens is 1170 g/mol. The molecule has 15 heteroatoms. The molecule has 2 unspecified atom stereocenters. The number of aromatic hydroxyl groups is 3. The van der Waals surface area contributed by atoms with Crippen LogP contribution < -0.4 is 28.9 Å². The fourth-order valence-corrected chi connectivity index (χ4v) is 15.9. The Labute approximate surface area is 543 Å². The number of phenols is 3. The van der Waals surface area contributed by atoms with Crippen molar-refractivity contribution in [2.24, 2.45) is 0 Å². The first-order valence-electron chi connectivity index (χ1n) is 33.5. The number of fused-ring (bicyclic) bond motifs is 14. The quantitative estimate of drug-likeness (QED) is 0.0654. The number of aryl methyl sites for hydroxylation is 3. The molecule has 0 aromatic heterocycles. The number of hydrogen-bond donors (Lipinski definition) is 3. The molecule has 10 aliphatic heterocycles. The predicted molar refractivity (Wildman–Crippen MR) is 358 cm³/mol. The molecule has 0 saturated heterocycles. The molecule has 93 heavy (non-hydrogen) atoms. The molecule has 18 rings (SSSR count). The topological polar surface area (TPSA) is 185 Å². The first kappa shape index (κ1) is 62.1. The monoisotopic (exact) mass is 1250 g/mol. The van der Waals surface area contributed by atoms with Gasteiger partial charge in [0.1, 0.15) is 46.0 Å². The second-order valence-corrected chi connectivity index (χ2v) is 24.2. The Morgan fingerprint density at radius 3 is 1.29 bits per heavy atom. The largest absolute Gasteiger partial charge is 0.508 e. The summed E-state index contributed by atoms with van der Waals surface area (Å²) in [5.74, 6) is 2.27. The van der Waals surface area contributed by atoms with Crippen molar-refractivity contribution in [1.82, 2.24) is 0 Å². The van der Waals surface area contributed by atoms with Crippen molar-refractivity contribution < 1.29 is 58.2 Å². The van der Waals surface area contributed by atoms with Gasteiger partial charge in [0.2, 0.25) is 5.78 Å². The third kappa shape index (κ3) is 9.99. The molecule has 478 valence electrons. The van der Waals surface area contributed by atoms with E-state index in [4.69, 9.17) is 33.9 Å². The maximum absolute atomic E-state index is 14.0. The fraction of sp³-hybridized carbons (Fsp3) is 0.333. The van der Waals surface area contributed by atoms with Crippen LogP contribution in [0.3, 0.4) is 0 Å². The molecule has 10 aliphatic rings. The number of ketones is 1. The van der Waals surface area contributed by atoms with Gasteiger partial charge in [-0.15, -0.1) is 0 Å². The van der Waals surface area contributed by atoms with E-state index >= 15 is 0 Å². The van der Waals surface area contributed by atoms with Crippen molar-refractivity contribution in [2.45, 2.75) is 130 Å². The highest BCUT2D eigenvalue weighted by Crippen LogP contribution is 2.65. The van der Waals surface area contributed by atoms with Gasteiger partial charge in [0.15, 0.2) is 11.2 Å². The summed E-state index contributed by atoms with van der Waals surface area (Å²) < 4.78 is 32.8. The summed E-state index contributed by atoms with van der Waals surface area (Å²) in [6, 6.07) is 38.2. The molecule has 2 atom stereocenters. The van der Waals surface area contributed by atoms with Gasteiger partial charge >= 0.3 is 11.9 Å². The number of benzene rings is 8. The summed E-state index contributed by atoms with van der Waals surface area (Å²) in [6.07, 6.45) is 11.6. The molecule has 3 N–H and O–H groups in total. The number of carbonyl (C=O) groups excluding carboxylic acids is 4. The number of para-hydroxylation sites is 1. The van der Waals surface area contributed by atoms with Crippen LogP contribution in [0.1, 0.15) is 183 Å². The second-order valence-electron chi connectivity index (χ2n) is 24.2. The average Bonchev–Trinajstić information content (AvgIpc) is 1.65. The van der Waals surface area contributed by atoms with Crippen LogP contribution in [0.25, 0.3) is 0 Å². The third-order valence-corrected chi connectivity index (χ3v) is 19.4. The van der Waals surface area contributed by atoms with Gasteiger partial charge in [0.05, 0.1) is 33.4 Å². The summed E-state index contributed by atoms with van der Waals surface area (Å²) in [5.41, 5.74) is 14.6. The van der Waals surface area contributed by atoms with Crippen LogP contribution in [0.4, 0.5) is 17.1 Å². The lowest BCUT2D eigenvalue weighted by molar-refractivity contribution is -0.120. The van der Waals surface area contributed by atoms with Crippen LogP contribution in [0.2, 0.25) is 0 Å². The highest BCUT2D eigenvalue weighted by molar-refractivity contribution is 6.13. The Kier molecular flexibility index (Phi) is 16.9. The summed E-state index contributed by atoms with van der Waals surface area (Å²) in [4.78, 5) is 59.1. The van der Waals surface area contributed by atoms with Gasteiger partial charge in [-0.1, -0.05) is 90.1 Å². The average molecular weight is 1250 g/mol. The maximum Gasteiger partial charge on any atom is 0.340 e. The fourth-order valence-electron chi connectivity index (χ4n) is 15.9. The van der Waals surface area contributed by atoms with E-state index in [0.29, 0.717) is 45.8 Å². The highest BCUT2D eigenvalue weighted by Gasteiger charge is 2.59. The summed E-state index contributed by atoms with van der Waals surface area (Å²) in [6.45, 7) is 18.4. The SMILES string of the molecule is CC.CC.CC.O=C1OC2(c3cc4c(cc3Oc3c2cc2c5c3CCCN5CCC2)C2(OC(=O)c3ccccc32)c2cc3c5c(c2O4)CCCN5CCC3)c2ccccc21.O=COc1ccccc1C(=O)c1cc2c3c(c1O)CCCN3CCC2.Oc1ccc(O)cc1. The van der Waals surface area contributed by atoms with Crippen molar-refractivity contribution in [1.29, 1.82) is 0 Å². The van der Waals surface area contributed by atoms with Crippen molar-refractivity contribution in [3.63, 3.8) is 0 Å². The molecule has 8 aromatic rings. The van der Waals surface area contributed by atoms with Gasteiger partial charge in [0, 0.05) is 95.3 Å². The first-order chi connectivity index (χ1) is 45.5. The van der Waals surface area contributed by atoms with Crippen LogP contribution in [-0.4, -0.2) is 78.8 Å². The Balaban J connectivity index is 0.000000167. The van der Waals surface area contributed by atoms with Crippen molar-refractivity contribution in [3.05, 3.63) is 216 Å². The molecule has 10 heterocycles. The zero-order valence-electron chi connectivity index (χ0n) is 53.8. The lowest BCUT2D eigenvalue weighted by Gasteiger charge is -2.45. The van der Waals surface area contributed by atoms with Gasteiger partial charge in [0.25, 0.3) is 6.47 Å². The van der Waals surface area contributed by atoms with E-state index in [1.54, 1.807) is 24.3 Å². The Morgan fingerprint density at radius 2 is 0.839 bits per heavy atom. The Morgan fingerprint density at radius 1 is 0.452 bits per heavy atom. The van der Waals surface area contributed by atoms with Gasteiger partial charge in [-0.3, -0.25) is 9.59 Å². The normalized spacial score (nSPS) is 19.1. The van der Waals surface area contributed by atoms with Crippen molar-refractivity contribution >= 4 is 41.3 Å². The van der Waals surface area contributed by atoms with Gasteiger partial charge in [-0.05, 0) is 173 Å². The van der Waals surface area contributed by atoms with Crippen LogP contribution in [0.5, 0.6) is 46.0 Å². The number of ether oxygens (including phenoxy) is 5. The predicted octanol–water partition coefficient (Wildman–Crippen LogP) is 15.3. The number of phenolic OH excluding ortho intramolecular Hbond substituents is 3. The molecule has 15 nitrogen and oxygen atoms in total. The smallest absolute Gasteiger partial charge is 0.340 e. The molecular formula is C78H79N3O12. The zero-order chi connectivity index (χ0) is 64.9. The number of carbonyl (C=O) groups is 4. The van der Waals surface area contributed by atoms with E-state index in [-0.39, 0.29) is 46.3 Å². The minimum absolute atomic E-state index is 0.0660. The lowest BCUT2D eigenvalue weighted by atomic mass is 9.71. The third-order valence-electron chi connectivity index (χ3n) is 19.4. The molecule has 8 aromatic carbocycles. The molecule has 0 bridgehead atoms. The zero-order valence-corrected chi connectivity index (χ0v) is 53.8. The van der Waals surface area contributed by atoms with E-state index in [1.807, 2.05) is 108 Å². The Bertz CT molecular complexity index is 4080. The number of nitrogens with zero attached hydrogens (tertiary/aromatic N) is 3. The molecule has 2 spiro atoms. The molecule has 0 aliphatic carbocycles. The lowest BCUT2D eigenvalue weighted by Crippen LogP contribution is -2.39. The number of esters is 2. The molecule has 0 saturated carbocycles. The minimum atomic E-state index is -1.25. The maximum atomic E-state index is 14.0.